The molecule has 2 aromatic rings. The Bertz CT molecular complexity index is 866. The van der Waals surface area contributed by atoms with Crippen LogP contribution < -0.4 is 11.1 Å². The molecule has 8 heteroatoms. The summed E-state index contributed by atoms with van der Waals surface area (Å²) < 4.78 is 26.4. The molecule has 0 aliphatic carbocycles. The number of amides is 1. The molecule has 3 N–H and O–H groups in total. The molecule has 6 nitrogen and oxygen atoms in total. The summed E-state index contributed by atoms with van der Waals surface area (Å²) in [6.45, 7) is 6.30. The number of halogens is 1. The zero-order chi connectivity index (χ0) is 19.3. The van der Waals surface area contributed by atoms with E-state index in [0.29, 0.717) is 24.3 Å². The maximum Gasteiger partial charge on any atom is 0.253 e. The molecule has 1 atom stereocenters. The molecule has 0 aromatic heterocycles. The smallest absolute Gasteiger partial charge is 0.253 e. The van der Waals surface area contributed by atoms with Crippen molar-refractivity contribution in [3.63, 3.8) is 0 Å². The largest absolute Gasteiger partial charge is 0.398 e. The molecule has 2 aromatic carbocycles. The number of hydrogen-bond acceptors (Lipinski definition) is 4. The standard InChI is InChI=1S/C19H25N3O3S.ClH/c1-4-22(5-2)26(24,25)16-12-10-15(11-13-16)14(3)21-19(23)17-8-6-7-9-18(17)20;/h6-14H,4-5,20H2,1-3H3,(H,21,23);1H. The van der Waals surface area contributed by atoms with Crippen molar-refractivity contribution in [2.45, 2.75) is 31.7 Å². The van der Waals surface area contributed by atoms with Gasteiger partial charge in [0.25, 0.3) is 5.91 Å². The van der Waals surface area contributed by atoms with Gasteiger partial charge in [-0.05, 0) is 36.8 Å². The Kier molecular flexibility index (Phi) is 8.27. The van der Waals surface area contributed by atoms with Crippen LogP contribution in [0.2, 0.25) is 0 Å². The first-order valence-corrected chi connectivity index (χ1v) is 10.0. The van der Waals surface area contributed by atoms with Crippen LogP contribution in [0.25, 0.3) is 0 Å². The van der Waals surface area contributed by atoms with E-state index in [1.165, 1.54) is 4.31 Å². The zero-order valence-corrected chi connectivity index (χ0v) is 17.3. The minimum Gasteiger partial charge on any atom is -0.398 e. The van der Waals surface area contributed by atoms with Crippen molar-refractivity contribution in [2.24, 2.45) is 0 Å². The van der Waals surface area contributed by atoms with Gasteiger partial charge in [0.05, 0.1) is 16.5 Å². The highest BCUT2D eigenvalue weighted by Gasteiger charge is 2.22. The molecule has 148 valence electrons. The maximum atomic E-state index is 12.5. The lowest BCUT2D eigenvalue weighted by Gasteiger charge is -2.19. The van der Waals surface area contributed by atoms with Gasteiger partial charge in [-0.15, -0.1) is 12.4 Å². The molecule has 0 heterocycles. The summed E-state index contributed by atoms with van der Waals surface area (Å²) in [4.78, 5) is 12.6. The summed E-state index contributed by atoms with van der Waals surface area (Å²) in [6, 6.07) is 13.2. The predicted molar refractivity (Wildman–Crippen MR) is 111 cm³/mol. The second-order valence-corrected chi connectivity index (χ2v) is 7.88. The number of nitrogen functional groups attached to an aromatic ring is 1. The number of rotatable bonds is 7. The number of nitrogens with zero attached hydrogens (tertiary/aromatic N) is 1. The highest BCUT2D eigenvalue weighted by Crippen LogP contribution is 2.20. The van der Waals surface area contributed by atoms with Gasteiger partial charge < -0.3 is 11.1 Å². The maximum absolute atomic E-state index is 12.5. The van der Waals surface area contributed by atoms with Gasteiger partial charge in [0.1, 0.15) is 0 Å². The number of para-hydroxylation sites is 1. The molecular formula is C19H26ClN3O3S. The average molecular weight is 412 g/mol. The third-order valence-electron chi connectivity index (χ3n) is 4.28. The van der Waals surface area contributed by atoms with Gasteiger partial charge in [-0.2, -0.15) is 4.31 Å². The highest BCUT2D eigenvalue weighted by molar-refractivity contribution is 7.89. The van der Waals surface area contributed by atoms with Crippen LogP contribution in [0.1, 0.15) is 42.7 Å². The molecule has 0 saturated carbocycles. The number of benzene rings is 2. The monoisotopic (exact) mass is 411 g/mol. The third kappa shape index (κ3) is 5.22. The molecular weight excluding hydrogens is 386 g/mol. The summed E-state index contributed by atoms with van der Waals surface area (Å²) in [6.07, 6.45) is 0. The number of hydrogen-bond donors (Lipinski definition) is 2. The summed E-state index contributed by atoms with van der Waals surface area (Å²) in [5.41, 5.74) is 7.47. The molecule has 0 fully saturated rings. The van der Waals surface area contributed by atoms with Crippen LogP contribution in [0.3, 0.4) is 0 Å². The van der Waals surface area contributed by atoms with Crippen molar-refractivity contribution in [1.82, 2.24) is 9.62 Å². The second kappa shape index (κ2) is 9.73. The zero-order valence-electron chi connectivity index (χ0n) is 15.7. The van der Waals surface area contributed by atoms with E-state index in [0.717, 1.165) is 5.56 Å². The van der Waals surface area contributed by atoms with E-state index in [-0.39, 0.29) is 29.3 Å². The molecule has 2 rings (SSSR count). The number of sulfonamides is 1. The Labute approximate surface area is 167 Å². The van der Waals surface area contributed by atoms with Crippen LogP contribution in [0, 0.1) is 0 Å². The van der Waals surface area contributed by atoms with Crippen LogP contribution in [-0.2, 0) is 10.0 Å². The fraction of sp³-hybridized carbons (Fsp3) is 0.316. The van der Waals surface area contributed by atoms with Gasteiger partial charge >= 0.3 is 0 Å². The minimum atomic E-state index is -3.49. The first-order valence-electron chi connectivity index (χ1n) is 8.56. The van der Waals surface area contributed by atoms with Crippen LogP contribution >= 0.6 is 12.4 Å². The number of carbonyl (C=O) groups excluding carboxylic acids is 1. The van der Waals surface area contributed by atoms with E-state index < -0.39 is 10.0 Å². The summed E-state index contributed by atoms with van der Waals surface area (Å²) >= 11 is 0. The number of anilines is 1. The van der Waals surface area contributed by atoms with Gasteiger partial charge in [0, 0.05) is 18.8 Å². The van der Waals surface area contributed by atoms with Crippen molar-refractivity contribution in [2.75, 3.05) is 18.8 Å². The molecule has 0 radical (unpaired) electrons. The van der Waals surface area contributed by atoms with Gasteiger partial charge in [-0.1, -0.05) is 38.1 Å². The minimum absolute atomic E-state index is 0. The molecule has 0 saturated heterocycles. The third-order valence-corrected chi connectivity index (χ3v) is 6.34. The summed E-state index contributed by atoms with van der Waals surface area (Å²) in [7, 11) is -3.49. The Morgan fingerprint density at radius 3 is 2.15 bits per heavy atom. The molecule has 0 bridgehead atoms. The van der Waals surface area contributed by atoms with Gasteiger partial charge in [0.15, 0.2) is 0 Å². The van der Waals surface area contributed by atoms with Gasteiger partial charge in [-0.25, -0.2) is 8.42 Å². The second-order valence-electron chi connectivity index (χ2n) is 5.94. The predicted octanol–water partition coefficient (Wildman–Crippen LogP) is 3.21. The van der Waals surface area contributed by atoms with E-state index in [2.05, 4.69) is 5.32 Å². The van der Waals surface area contributed by atoms with Crippen molar-refractivity contribution in [1.29, 1.82) is 0 Å². The first-order chi connectivity index (χ1) is 12.3. The average Bonchev–Trinajstić information content (AvgIpc) is 2.62. The van der Waals surface area contributed by atoms with E-state index in [4.69, 9.17) is 5.73 Å². The fourth-order valence-electron chi connectivity index (χ4n) is 2.70. The lowest BCUT2D eigenvalue weighted by Crippen LogP contribution is -2.30. The summed E-state index contributed by atoms with van der Waals surface area (Å²) in [5.74, 6) is -0.268. The van der Waals surface area contributed by atoms with Gasteiger partial charge in [0.2, 0.25) is 10.0 Å². The lowest BCUT2D eigenvalue weighted by atomic mass is 10.1. The molecule has 0 aliphatic rings. The lowest BCUT2D eigenvalue weighted by molar-refractivity contribution is 0.0940. The highest BCUT2D eigenvalue weighted by atomic mass is 35.5. The van der Waals surface area contributed by atoms with Crippen LogP contribution in [0.5, 0.6) is 0 Å². The van der Waals surface area contributed by atoms with Crippen LogP contribution in [0.4, 0.5) is 5.69 Å². The normalized spacial score (nSPS) is 12.3. The van der Waals surface area contributed by atoms with E-state index in [1.807, 2.05) is 20.8 Å². The Morgan fingerprint density at radius 2 is 1.63 bits per heavy atom. The Balaban J connectivity index is 0.00000364. The Hall–Kier alpha value is -2.09. The van der Waals surface area contributed by atoms with Gasteiger partial charge in [-0.3, -0.25) is 4.79 Å². The number of carbonyl (C=O) groups is 1. The van der Waals surface area contributed by atoms with E-state index in [1.54, 1.807) is 48.5 Å². The van der Waals surface area contributed by atoms with Crippen molar-refractivity contribution < 1.29 is 13.2 Å². The molecule has 27 heavy (non-hydrogen) atoms. The fourth-order valence-corrected chi connectivity index (χ4v) is 4.16. The van der Waals surface area contributed by atoms with Crippen molar-refractivity contribution >= 4 is 34.0 Å². The molecule has 1 amide bonds. The van der Waals surface area contributed by atoms with Crippen molar-refractivity contribution in [3.8, 4) is 0 Å². The quantitative estimate of drug-likeness (QED) is 0.684. The van der Waals surface area contributed by atoms with E-state index >= 15 is 0 Å². The molecule has 1 unspecified atom stereocenters. The van der Waals surface area contributed by atoms with Crippen LogP contribution in [0.15, 0.2) is 53.4 Å². The summed E-state index contributed by atoms with van der Waals surface area (Å²) in [5, 5.41) is 2.88. The topological polar surface area (TPSA) is 92.5 Å². The molecule has 0 aliphatic heterocycles. The van der Waals surface area contributed by atoms with Crippen molar-refractivity contribution in [3.05, 3.63) is 59.7 Å². The Morgan fingerprint density at radius 1 is 1.07 bits per heavy atom. The van der Waals surface area contributed by atoms with E-state index in [9.17, 15) is 13.2 Å². The van der Waals surface area contributed by atoms with Crippen LogP contribution in [-0.4, -0.2) is 31.7 Å². The number of nitrogens with two attached hydrogens (primary N) is 1. The molecule has 0 spiro atoms. The first kappa shape index (κ1) is 23.0. The SMILES string of the molecule is CCN(CC)S(=O)(=O)c1ccc(C(C)NC(=O)c2ccccc2N)cc1.Cl. The number of nitrogens with one attached hydrogen (secondary N) is 1.